The Bertz CT molecular complexity index is 812. The number of hydrogen-bond donors (Lipinski definition) is 0. The van der Waals surface area contributed by atoms with E-state index in [1.54, 1.807) is 24.3 Å². The Labute approximate surface area is 164 Å². The van der Waals surface area contributed by atoms with E-state index in [0.717, 1.165) is 11.1 Å². The molecule has 1 saturated heterocycles. The molecule has 1 aliphatic rings. The van der Waals surface area contributed by atoms with Crippen molar-refractivity contribution in [3.8, 4) is 0 Å². The molecular formula is C22H24O6. The van der Waals surface area contributed by atoms with Crippen LogP contribution in [-0.2, 0) is 18.9 Å². The molecule has 0 spiro atoms. The fourth-order valence-corrected chi connectivity index (χ4v) is 2.91. The molecule has 0 saturated carbocycles. The average Bonchev–Trinajstić information content (AvgIpc) is 2.70. The molecule has 1 aliphatic heterocycles. The minimum absolute atomic E-state index is 0.0853. The van der Waals surface area contributed by atoms with Gasteiger partial charge in [-0.2, -0.15) is 0 Å². The zero-order chi connectivity index (χ0) is 20.1. The molecule has 0 aliphatic carbocycles. The van der Waals surface area contributed by atoms with Gasteiger partial charge in [0, 0.05) is 13.5 Å². The predicted molar refractivity (Wildman–Crippen MR) is 102 cm³/mol. The van der Waals surface area contributed by atoms with Gasteiger partial charge in [-0.05, 0) is 38.1 Å². The normalized spacial score (nSPS) is 21.8. The summed E-state index contributed by atoms with van der Waals surface area (Å²) in [6.07, 6.45) is -1.62. The van der Waals surface area contributed by atoms with Crippen LogP contribution in [0.1, 0.15) is 38.3 Å². The smallest absolute Gasteiger partial charge is 0.338 e. The summed E-state index contributed by atoms with van der Waals surface area (Å²) in [5, 5.41) is 0. The summed E-state index contributed by atoms with van der Waals surface area (Å²) >= 11 is 0. The number of hydrogen-bond acceptors (Lipinski definition) is 6. The molecule has 1 heterocycles. The quantitative estimate of drug-likeness (QED) is 0.736. The third kappa shape index (κ3) is 4.97. The molecule has 3 rings (SSSR count). The number of rotatable bonds is 5. The lowest BCUT2D eigenvalue weighted by Crippen LogP contribution is -2.46. The van der Waals surface area contributed by atoms with Gasteiger partial charge in [0.15, 0.2) is 12.4 Å². The van der Waals surface area contributed by atoms with E-state index in [0.29, 0.717) is 11.1 Å². The van der Waals surface area contributed by atoms with Gasteiger partial charge in [-0.25, -0.2) is 9.59 Å². The highest BCUT2D eigenvalue weighted by Gasteiger charge is 2.37. The summed E-state index contributed by atoms with van der Waals surface area (Å²) in [4.78, 5) is 25.0. The van der Waals surface area contributed by atoms with Gasteiger partial charge in [-0.15, -0.1) is 0 Å². The monoisotopic (exact) mass is 384 g/mol. The molecule has 0 N–H and O–H groups in total. The van der Waals surface area contributed by atoms with Crippen molar-refractivity contribution in [3.05, 3.63) is 70.8 Å². The fraction of sp³-hybridized carbons (Fsp3) is 0.364. The Morgan fingerprint density at radius 3 is 1.75 bits per heavy atom. The number of esters is 2. The van der Waals surface area contributed by atoms with E-state index in [1.807, 2.05) is 38.1 Å². The van der Waals surface area contributed by atoms with E-state index < -0.39 is 30.4 Å². The molecule has 0 unspecified atom stereocenters. The Hall–Kier alpha value is -2.70. The minimum atomic E-state index is -0.713. The highest BCUT2D eigenvalue weighted by Crippen LogP contribution is 2.23. The Morgan fingerprint density at radius 2 is 1.29 bits per heavy atom. The van der Waals surface area contributed by atoms with E-state index in [4.69, 9.17) is 18.9 Å². The summed E-state index contributed by atoms with van der Waals surface area (Å²) in [6.45, 7) is 3.97. The highest BCUT2D eigenvalue weighted by molar-refractivity contribution is 5.90. The van der Waals surface area contributed by atoms with Crippen LogP contribution in [-0.4, -0.2) is 44.2 Å². The van der Waals surface area contributed by atoms with Gasteiger partial charge in [0.1, 0.15) is 6.10 Å². The predicted octanol–water partition coefficient (Wildman–Crippen LogP) is 3.45. The molecule has 0 radical (unpaired) electrons. The molecule has 6 nitrogen and oxygen atoms in total. The van der Waals surface area contributed by atoms with Crippen LogP contribution in [0.3, 0.4) is 0 Å². The van der Waals surface area contributed by atoms with E-state index in [1.165, 1.54) is 7.11 Å². The molecule has 6 heteroatoms. The van der Waals surface area contributed by atoms with Crippen LogP contribution in [0.5, 0.6) is 0 Å². The zero-order valence-corrected chi connectivity index (χ0v) is 16.2. The van der Waals surface area contributed by atoms with E-state index >= 15 is 0 Å². The third-order valence-corrected chi connectivity index (χ3v) is 4.64. The fourth-order valence-electron chi connectivity index (χ4n) is 2.91. The van der Waals surface area contributed by atoms with Gasteiger partial charge >= 0.3 is 11.9 Å². The van der Waals surface area contributed by atoms with Crippen LogP contribution in [0.25, 0.3) is 0 Å². The molecule has 0 amide bonds. The van der Waals surface area contributed by atoms with Crippen LogP contribution in [0.2, 0.25) is 0 Å². The minimum Gasteiger partial charge on any atom is -0.455 e. The maximum atomic E-state index is 12.5. The molecule has 148 valence electrons. The molecule has 0 aromatic heterocycles. The van der Waals surface area contributed by atoms with E-state index in [-0.39, 0.29) is 13.0 Å². The summed E-state index contributed by atoms with van der Waals surface area (Å²) in [7, 11) is 1.52. The number of carbonyl (C=O) groups excluding carboxylic acids is 2. The van der Waals surface area contributed by atoms with Crippen molar-refractivity contribution in [1.29, 1.82) is 0 Å². The number of aryl methyl sites for hydroxylation is 2. The van der Waals surface area contributed by atoms with Gasteiger partial charge in [0.25, 0.3) is 0 Å². The molecule has 2 aromatic rings. The van der Waals surface area contributed by atoms with Gasteiger partial charge in [0.05, 0.1) is 17.7 Å². The van der Waals surface area contributed by atoms with E-state index in [9.17, 15) is 9.59 Å². The topological polar surface area (TPSA) is 71.1 Å². The summed E-state index contributed by atoms with van der Waals surface area (Å²) in [6, 6.07) is 14.2. The van der Waals surface area contributed by atoms with Crippen LogP contribution in [0.4, 0.5) is 0 Å². The maximum Gasteiger partial charge on any atom is 0.338 e. The summed E-state index contributed by atoms with van der Waals surface area (Å²) < 4.78 is 22.0. The Morgan fingerprint density at radius 1 is 0.821 bits per heavy atom. The van der Waals surface area contributed by atoms with Crippen molar-refractivity contribution in [3.63, 3.8) is 0 Å². The lowest BCUT2D eigenvalue weighted by molar-refractivity contribution is -0.206. The van der Waals surface area contributed by atoms with Crippen LogP contribution in [0.15, 0.2) is 48.5 Å². The SMILES string of the molecule is CO[C@@H]1C[C@H](OC(=O)c2ccc(C)cc2)[C@H](OC(=O)c2ccc(C)cc2)CO1. The van der Waals surface area contributed by atoms with Crippen molar-refractivity contribution < 1.29 is 28.5 Å². The Balaban J connectivity index is 1.70. The van der Waals surface area contributed by atoms with E-state index in [2.05, 4.69) is 0 Å². The van der Waals surface area contributed by atoms with Gasteiger partial charge < -0.3 is 18.9 Å². The lowest BCUT2D eigenvalue weighted by atomic mass is 10.1. The van der Waals surface area contributed by atoms with Crippen LogP contribution < -0.4 is 0 Å². The molecule has 0 bridgehead atoms. The first-order valence-corrected chi connectivity index (χ1v) is 9.16. The number of benzene rings is 2. The molecule has 3 atom stereocenters. The van der Waals surface area contributed by atoms with Gasteiger partial charge in [-0.3, -0.25) is 0 Å². The van der Waals surface area contributed by atoms with Crippen molar-refractivity contribution in [2.24, 2.45) is 0 Å². The highest BCUT2D eigenvalue weighted by atomic mass is 16.7. The van der Waals surface area contributed by atoms with Crippen LogP contribution >= 0.6 is 0 Å². The molecule has 2 aromatic carbocycles. The summed E-state index contributed by atoms with van der Waals surface area (Å²) in [5.41, 5.74) is 2.97. The maximum absolute atomic E-state index is 12.5. The lowest BCUT2D eigenvalue weighted by Gasteiger charge is -2.34. The van der Waals surface area contributed by atoms with Gasteiger partial charge in [0.2, 0.25) is 0 Å². The van der Waals surface area contributed by atoms with Gasteiger partial charge in [-0.1, -0.05) is 35.4 Å². The molecular weight excluding hydrogens is 360 g/mol. The molecule has 1 fully saturated rings. The van der Waals surface area contributed by atoms with Crippen molar-refractivity contribution in [1.82, 2.24) is 0 Å². The second-order valence-corrected chi connectivity index (χ2v) is 6.85. The first kappa shape index (κ1) is 20.0. The third-order valence-electron chi connectivity index (χ3n) is 4.64. The standard InChI is InChI=1S/C22H24O6/c1-14-4-8-16(9-5-14)21(23)27-18-12-20(25-3)26-13-19(18)28-22(24)17-10-6-15(2)7-11-17/h4-11,18-20H,12-13H2,1-3H3/t18-,19+,20-/m0/s1. The number of methoxy groups -OCH3 is 1. The second kappa shape index (κ2) is 8.99. The zero-order valence-electron chi connectivity index (χ0n) is 16.2. The van der Waals surface area contributed by atoms with Crippen molar-refractivity contribution >= 4 is 11.9 Å². The van der Waals surface area contributed by atoms with Crippen LogP contribution in [0, 0.1) is 13.8 Å². The molecule has 28 heavy (non-hydrogen) atoms. The number of ether oxygens (including phenoxy) is 4. The Kier molecular flexibility index (Phi) is 6.44. The second-order valence-electron chi connectivity index (χ2n) is 6.85. The van der Waals surface area contributed by atoms with Crippen molar-refractivity contribution in [2.75, 3.05) is 13.7 Å². The first-order chi connectivity index (χ1) is 13.5. The number of carbonyl (C=O) groups is 2. The summed E-state index contributed by atoms with van der Waals surface area (Å²) in [5.74, 6) is -0.959. The first-order valence-electron chi connectivity index (χ1n) is 9.16. The largest absolute Gasteiger partial charge is 0.455 e. The average molecular weight is 384 g/mol. The van der Waals surface area contributed by atoms with Crippen molar-refractivity contribution in [2.45, 2.75) is 38.8 Å².